The maximum absolute atomic E-state index is 12.5. The molecule has 0 radical (unpaired) electrons. The number of anilines is 1. The van der Waals surface area contributed by atoms with E-state index in [0.29, 0.717) is 6.54 Å². The van der Waals surface area contributed by atoms with Crippen molar-refractivity contribution in [2.45, 2.75) is 25.8 Å². The molecule has 0 unspecified atom stereocenters. The molecule has 1 fully saturated rings. The minimum atomic E-state index is -0.0325. The lowest BCUT2D eigenvalue weighted by Crippen LogP contribution is -2.33. The summed E-state index contributed by atoms with van der Waals surface area (Å²) in [5.41, 5.74) is 2.63. The molecular formula is C19H26N4O3. The van der Waals surface area contributed by atoms with Gasteiger partial charge in [0.05, 0.1) is 32.1 Å². The number of methoxy groups -OCH3 is 2. The summed E-state index contributed by atoms with van der Waals surface area (Å²) in [6.45, 7) is 3.10. The van der Waals surface area contributed by atoms with Crippen LogP contribution >= 0.6 is 0 Å². The van der Waals surface area contributed by atoms with Gasteiger partial charge in [-0.1, -0.05) is 0 Å². The molecular weight excluding hydrogens is 332 g/mol. The second kappa shape index (κ2) is 7.78. The van der Waals surface area contributed by atoms with E-state index in [1.807, 2.05) is 38.4 Å². The minimum Gasteiger partial charge on any atom is -0.497 e. The van der Waals surface area contributed by atoms with Crippen LogP contribution in [0.25, 0.3) is 0 Å². The molecule has 0 spiro atoms. The first-order valence-corrected chi connectivity index (χ1v) is 8.78. The summed E-state index contributed by atoms with van der Waals surface area (Å²) < 4.78 is 12.6. The molecule has 140 valence electrons. The molecule has 1 saturated heterocycles. The normalized spacial score (nSPS) is 17.3. The third kappa shape index (κ3) is 3.83. The van der Waals surface area contributed by atoms with Gasteiger partial charge >= 0.3 is 0 Å². The van der Waals surface area contributed by atoms with Crippen molar-refractivity contribution in [3.63, 3.8) is 0 Å². The number of aromatic nitrogens is 2. The SMILES string of the molecule is COc1ccc(OC)c([C@H]2CCCN2CC(=O)Nc2cn(C)nc2C)c1. The van der Waals surface area contributed by atoms with Gasteiger partial charge in [0.2, 0.25) is 5.91 Å². The van der Waals surface area contributed by atoms with Crippen LogP contribution in [-0.4, -0.2) is 47.9 Å². The number of nitrogens with one attached hydrogen (secondary N) is 1. The number of ether oxygens (including phenoxy) is 2. The van der Waals surface area contributed by atoms with Crippen LogP contribution in [0.3, 0.4) is 0 Å². The van der Waals surface area contributed by atoms with Crippen LogP contribution < -0.4 is 14.8 Å². The molecule has 3 rings (SSSR count). The van der Waals surface area contributed by atoms with Crippen molar-refractivity contribution in [3.8, 4) is 11.5 Å². The molecule has 0 aliphatic carbocycles. The van der Waals surface area contributed by atoms with E-state index in [4.69, 9.17) is 9.47 Å². The van der Waals surface area contributed by atoms with Gasteiger partial charge in [0.1, 0.15) is 11.5 Å². The Labute approximate surface area is 153 Å². The maximum atomic E-state index is 12.5. The standard InChI is InChI=1S/C19H26N4O3/c1-13-16(11-22(2)21-13)20-19(24)12-23-9-5-6-17(23)15-10-14(25-3)7-8-18(15)26-4/h7-8,10-11,17H,5-6,9,12H2,1-4H3,(H,20,24)/t17-/m1/s1. The Balaban J connectivity index is 1.74. The number of hydrogen-bond acceptors (Lipinski definition) is 5. The monoisotopic (exact) mass is 358 g/mol. The molecule has 1 N–H and O–H groups in total. The fourth-order valence-electron chi connectivity index (χ4n) is 3.56. The molecule has 1 aliphatic rings. The van der Waals surface area contributed by atoms with Crippen LogP contribution in [0, 0.1) is 6.92 Å². The van der Waals surface area contributed by atoms with E-state index in [1.54, 1.807) is 18.9 Å². The van der Waals surface area contributed by atoms with Gasteiger partial charge in [-0.05, 0) is 44.5 Å². The number of likely N-dealkylation sites (tertiary alicyclic amines) is 1. The molecule has 0 bridgehead atoms. The topological polar surface area (TPSA) is 68.6 Å². The fraction of sp³-hybridized carbons (Fsp3) is 0.474. The highest BCUT2D eigenvalue weighted by atomic mass is 16.5. The molecule has 7 heteroatoms. The van der Waals surface area contributed by atoms with Crippen molar-refractivity contribution in [3.05, 3.63) is 35.7 Å². The maximum Gasteiger partial charge on any atom is 0.238 e. The van der Waals surface area contributed by atoms with Gasteiger partial charge in [0, 0.05) is 24.8 Å². The average Bonchev–Trinajstić information content (AvgIpc) is 3.20. The van der Waals surface area contributed by atoms with Crippen molar-refractivity contribution in [2.24, 2.45) is 7.05 Å². The molecule has 1 atom stereocenters. The highest BCUT2D eigenvalue weighted by Crippen LogP contribution is 2.38. The number of amides is 1. The number of carbonyl (C=O) groups excluding carboxylic acids is 1. The van der Waals surface area contributed by atoms with Crippen LogP contribution in [0.1, 0.15) is 30.1 Å². The number of benzene rings is 1. The van der Waals surface area contributed by atoms with Gasteiger partial charge < -0.3 is 14.8 Å². The predicted octanol–water partition coefficient (Wildman–Crippen LogP) is 2.52. The van der Waals surface area contributed by atoms with E-state index >= 15 is 0 Å². The van der Waals surface area contributed by atoms with Crippen molar-refractivity contribution in [1.29, 1.82) is 0 Å². The Hall–Kier alpha value is -2.54. The van der Waals surface area contributed by atoms with Crippen LogP contribution in [0.5, 0.6) is 11.5 Å². The largest absolute Gasteiger partial charge is 0.497 e. The minimum absolute atomic E-state index is 0.0325. The zero-order valence-corrected chi connectivity index (χ0v) is 15.8. The predicted molar refractivity (Wildman–Crippen MR) is 99.7 cm³/mol. The number of aryl methyl sites for hydroxylation is 2. The van der Waals surface area contributed by atoms with Crippen molar-refractivity contribution >= 4 is 11.6 Å². The second-order valence-corrected chi connectivity index (χ2v) is 6.59. The van der Waals surface area contributed by atoms with E-state index in [1.165, 1.54) is 0 Å². The molecule has 1 aliphatic heterocycles. The highest BCUT2D eigenvalue weighted by Gasteiger charge is 2.30. The summed E-state index contributed by atoms with van der Waals surface area (Å²) in [4.78, 5) is 14.7. The molecule has 1 aromatic heterocycles. The summed E-state index contributed by atoms with van der Waals surface area (Å²) >= 11 is 0. The van der Waals surface area contributed by atoms with Gasteiger partial charge in [0.15, 0.2) is 0 Å². The van der Waals surface area contributed by atoms with E-state index in [0.717, 1.165) is 47.8 Å². The lowest BCUT2D eigenvalue weighted by molar-refractivity contribution is -0.117. The summed E-state index contributed by atoms with van der Waals surface area (Å²) in [5, 5.41) is 7.22. The Morgan fingerprint density at radius 3 is 2.81 bits per heavy atom. The highest BCUT2D eigenvalue weighted by molar-refractivity contribution is 5.92. The van der Waals surface area contributed by atoms with Crippen LogP contribution in [0.4, 0.5) is 5.69 Å². The van der Waals surface area contributed by atoms with E-state index in [-0.39, 0.29) is 11.9 Å². The quantitative estimate of drug-likeness (QED) is 0.859. The van der Waals surface area contributed by atoms with Crippen LogP contribution in [0.2, 0.25) is 0 Å². The molecule has 2 aromatic rings. The molecule has 1 aromatic carbocycles. The zero-order valence-electron chi connectivity index (χ0n) is 15.8. The number of nitrogens with zero attached hydrogens (tertiary/aromatic N) is 3. The van der Waals surface area contributed by atoms with E-state index < -0.39 is 0 Å². The second-order valence-electron chi connectivity index (χ2n) is 6.59. The third-order valence-corrected chi connectivity index (χ3v) is 4.79. The third-order valence-electron chi connectivity index (χ3n) is 4.79. The lowest BCUT2D eigenvalue weighted by Gasteiger charge is -2.26. The van der Waals surface area contributed by atoms with E-state index in [2.05, 4.69) is 15.3 Å². The van der Waals surface area contributed by atoms with E-state index in [9.17, 15) is 4.79 Å². The van der Waals surface area contributed by atoms with Gasteiger partial charge in [-0.2, -0.15) is 5.10 Å². The smallest absolute Gasteiger partial charge is 0.238 e. The number of hydrogen-bond donors (Lipinski definition) is 1. The number of rotatable bonds is 6. The van der Waals surface area contributed by atoms with Gasteiger partial charge in [-0.25, -0.2) is 0 Å². The summed E-state index contributed by atoms with van der Waals surface area (Å²) in [7, 11) is 5.17. The summed E-state index contributed by atoms with van der Waals surface area (Å²) in [5.74, 6) is 1.59. The molecule has 2 heterocycles. The van der Waals surface area contributed by atoms with Crippen molar-refractivity contribution < 1.29 is 14.3 Å². The molecule has 26 heavy (non-hydrogen) atoms. The van der Waals surface area contributed by atoms with Gasteiger partial charge in [-0.3, -0.25) is 14.4 Å². The first-order chi connectivity index (χ1) is 12.5. The van der Waals surface area contributed by atoms with Crippen molar-refractivity contribution in [2.75, 3.05) is 32.6 Å². The first-order valence-electron chi connectivity index (χ1n) is 8.78. The Kier molecular flexibility index (Phi) is 5.46. The van der Waals surface area contributed by atoms with Crippen LogP contribution in [-0.2, 0) is 11.8 Å². The zero-order chi connectivity index (χ0) is 18.7. The first kappa shape index (κ1) is 18.3. The van der Waals surface area contributed by atoms with Crippen LogP contribution in [0.15, 0.2) is 24.4 Å². The number of carbonyl (C=O) groups is 1. The molecule has 0 saturated carbocycles. The summed E-state index contributed by atoms with van der Waals surface area (Å²) in [6.07, 6.45) is 3.85. The average molecular weight is 358 g/mol. The van der Waals surface area contributed by atoms with Gasteiger partial charge in [-0.15, -0.1) is 0 Å². The Morgan fingerprint density at radius 1 is 1.35 bits per heavy atom. The molecule has 7 nitrogen and oxygen atoms in total. The van der Waals surface area contributed by atoms with Gasteiger partial charge in [0.25, 0.3) is 0 Å². The summed E-state index contributed by atoms with van der Waals surface area (Å²) in [6, 6.07) is 5.95. The fourth-order valence-corrected chi connectivity index (χ4v) is 3.56. The Morgan fingerprint density at radius 2 is 2.15 bits per heavy atom. The lowest BCUT2D eigenvalue weighted by atomic mass is 10.0. The van der Waals surface area contributed by atoms with Crippen molar-refractivity contribution in [1.82, 2.24) is 14.7 Å². The Bertz CT molecular complexity index is 787. The molecule has 1 amide bonds.